The number of carbonyl (C=O) groups excluding carboxylic acids is 3. The summed E-state index contributed by atoms with van der Waals surface area (Å²) in [4.78, 5) is 34.9. The standard InChI is InChI=1S/C23H20F3N7O4.CH4O/c1-2-15(19-30-31-20-16(8-6-13-33(19)20)21(35)32-28-12-14-34)7-5-11-27-22(36)29-17-9-3-4-10-18(17)37-23(24,25)26;1-2/h2-11,13-14,28H,1,12H2,(H,32,35)(H2,27,29,36);2H,1H3/b11-5+,15-7+;. The van der Waals surface area contributed by atoms with Crippen molar-refractivity contribution >= 4 is 35.1 Å². The number of fused-ring (bicyclic) bond motifs is 1. The number of carbonyl (C=O) groups is 3. The molecular weight excluding hydrogens is 523 g/mol. The van der Waals surface area contributed by atoms with Gasteiger partial charge in [-0.25, -0.2) is 10.2 Å². The van der Waals surface area contributed by atoms with Crippen molar-refractivity contribution in [2.45, 2.75) is 6.36 Å². The Bertz CT molecular complexity index is 1370. The van der Waals surface area contributed by atoms with Gasteiger partial charge in [0.25, 0.3) is 5.91 Å². The third kappa shape index (κ3) is 8.80. The molecule has 0 unspecified atom stereocenters. The van der Waals surface area contributed by atoms with Crippen LogP contribution in [0.3, 0.4) is 0 Å². The average molecular weight is 547 g/mol. The molecule has 0 saturated carbocycles. The van der Waals surface area contributed by atoms with Gasteiger partial charge in [0, 0.05) is 25.1 Å². The predicted octanol–water partition coefficient (Wildman–Crippen LogP) is 2.57. The number of allylic oxidation sites excluding steroid dienone is 4. The molecule has 0 aliphatic carbocycles. The highest BCUT2D eigenvalue weighted by Gasteiger charge is 2.32. The number of pyridine rings is 1. The highest BCUT2D eigenvalue weighted by molar-refractivity contribution is 5.99. The number of halogens is 3. The Hall–Kier alpha value is -5.02. The molecule has 2 aromatic heterocycles. The molecule has 15 heteroatoms. The first-order valence-electron chi connectivity index (χ1n) is 10.9. The van der Waals surface area contributed by atoms with Crippen LogP contribution in [-0.4, -0.2) is 57.9 Å². The van der Waals surface area contributed by atoms with Crippen LogP contribution in [0.5, 0.6) is 5.75 Å². The van der Waals surface area contributed by atoms with Gasteiger partial charge < -0.3 is 25.3 Å². The first kappa shape index (κ1) is 30.2. The largest absolute Gasteiger partial charge is 0.573 e. The van der Waals surface area contributed by atoms with Gasteiger partial charge in [-0.2, -0.15) is 0 Å². The van der Waals surface area contributed by atoms with Gasteiger partial charge in [0.1, 0.15) is 6.29 Å². The second-order valence-electron chi connectivity index (χ2n) is 6.97. The summed E-state index contributed by atoms with van der Waals surface area (Å²) in [6, 6.07) is 7.42. The highest BCUT2D eigenvalue weighted by Crippen LogP contribution is 2.29. The van der Waals surface area contributed by atoms with Gasteiger partial charge in [0.05, 0.1) is 17.8 Å². The van der Waals surface area contributed by atoms with E-state index in [2.05, 4.69) is 43.0 Å². The Morgan fingerprint density at radius 2 is 1.90 bits per heavy atom. The number of urea groups is 1. The molecule has 0 fully saturated rings. The predicted molar refractivity (Wildman–Crippen MR) is 135 cm³/mol. The number of aromatic nitrogens is 3. The molecule has 3 amide bonds. The molecule has 0 saturated heterocycles. The lowest BCUT2D eigenvalue weighted by atomic mass is 10.2. The van der Waals surface area contributed by atoms with E-state index in [-0.39, 0.29) is 23.4 Å². The minimum Gasteiger partial charge on any atom is -0.404 e. The monoisotopic (exact) mass is 547 g/mol. The summed E-state index contributed by atoms with van der Waals surface area (Å²) in [6.07, 6.45) is 3.01. The average Bonchev–Trinajstić information content (AvgIpc) is 3.34. The first-order valence-corrected chi connectivity index (χ1v) is 10.9. The van der Waals surface area contributed by atoms with Crippen LogP contribution in [-0.2, 0) is 4.79 Å². The molecule has 206 valence electrons. The topological polar surface area (TPSA) is 159 Å². The van der Waals surface area contributed by atoms with Gasteiger partial charge >= 0.3 is 12.4 Å². The number of anilines is 1. The number of aliphatic hydroxyl groups excluding tert-OH is 1. The van der Waals surface area contributed by atoms with Crippen LogP contribution in [0.2, 0.25) is 0 Å². The van der Waals surface area contributed by atoms with E-state index in [0.29, 0.717) is 17.7 Å². The van der Waals surface area contributed by atoms with Crippen LogP contribution < -0.4 is 26.2 Å². The molecule has 0 bridgehead atoms. The van der Waals surface area contributed by atoms with Gasteiger partial charge in [-0.15, -0.1) is 23.4 Å². The van der Waals surface area contributed by atoms with Crippen molar-refractivity contribution in [2.24, 2.45) is 0 Å². The Morgan fingerprint density at radius 3 is 2.59 bits per heavy atom. The lowest BCUT2D eigenvalue weighted by molar-refractivity contribution is -0.274. The van der Waals surface area contributed by atoms with Crippen molar-refractivity contribution < 1.29 is 37.4 Å². The molecule has 3 rings (SSSR count). The molecule has 3 aromatic rings. The van der Waals surface area contributed by atoms with Crippen LogP contribution in [0.1, 0.15) is 16.2 Å². The summed E-state index contributed by atoms with van der Waals surface area (Å²) >= 11 is 0. The SMILES string of the molecule is C=C/C(=C\C=C\NC(=O)Nc1ccccc1OC(F)(F)F)c1nnc2c(C(=O)NNCC=O)cccn12.CO. The number of alkyl halides is 3. The van der Waals surface area contributed by atoms with E-state index in [0.717, 1.165) is 13.2 Å². The zero-order valence-corrected chi connectivity index (χ0v) is 20.4. The number of hydrogen-bond acceptors (Lipinski definition) is 8. The number of hydrazine groups is 1. The van der Waals surface area contributed by atoms with E-state index in [1.165, 1.54) is 42.6 Å². The molecule has 0 aliphatic heterocycles. The Kier molecular flexibility index (Phi) is 11.3. The van der Waals surface area contributed by atoms with Crippen LogP contribution in [0, 0.1) is 0 Å². The van der Waals surface area contributed by atoms with Crippen molar-refractivity contribution in [3.05, 3.63) is 85.0 Å². The smallest absolute Gasteiger partial charge is 0.404 e. The number of nitrogens with zero attached hydrogens (tertiary/aromatic N) is 3. The lowest BCUT2D eigenvalue weighted by Gasteiger charge is -2.13. The Balaban J connectivity index is 0.00000260. The molecule has 0 spiro atoms. The maximum absolute atomic E-state index is 12.5. The number of aldehydes is 1. The quantitative estimate of drug-likeness (QED) is 0.112. The second-order valence-corrected chi connectivity index (χ2v) is 6.97. The molecule has 2 heterocycles. The molecular formula is C24H24F3N7O5. The lowest BCUT2D eigenvalue weighted by Crippen LogP contribution is -2.38. The fourth-order valence-electron chi connectivity index (χ4n) is 2.98. The first-order chi connectivity index (χ1) is 18.7. The number of amides is 3. The molecule has 0 aliphatic rings. The third-order valence-electron chi connectivity index (χ3n) is 4.49. The van der Waals surface area contributed by atoms with Crippen molar-refractivity contribution in [2.75, 3.05) is 19.0 Å². The van der Waals surface area contributed by atoms with Gasteiger partial charge in [-0.05, 0) is 36.4 Å². The summed E-state index contributed by atoms with van der Waals surface area (Å²) in [5, 5.41) is 19.8. The summed E-state index contributed by atoms with van der Waals surface area (Å²) in [5.41, 5.74) is 5.57. The molecule has 12 nitrogen and oxygen atoms in total. The number of rotatable bonds is 10. The van der Waals surface area contributed by atoms with Gasteiger partial charge in [-0.3, -0.25) is 14.6 Å². The van der Waals surface area contributed by atoms with Crippen molar-refractivity contribution in [3.8, 4) is 5.75 Å². The molecule has 0 atom stereocenters. The zero-order chi connectivity index (χ0) is 28.8. The van der Waals surface area contributed by atoms with E-state index >= 15 is 0 Å². The fourth-order valence-corrected chi connectivity index (χ4v) is 2.98. The number of ether oxygens (including phenoxy) is 1. The van der Waals surface area contributed by atoms with E-state index in [4.69, 9.17) is 5.11 Å². The minimum atomic E-state index is -4.91. The van der Waals surface area contributed by atoms with Crippen LogP contribution >= 0.6 is 0 Å². The van der Waals surface area contributed by atoms with Crippen LogP contribution in [0.4, 0.5) is 23.7 Å². The number of nitrogens with one attached hydrogen (secondary N) is 4. The maximum atomic E-state index is 12.5. The van der Waals surface area contributed by atoms with E-state index in [1.807, 2.05) is 0 Å². The normalized spacial score (nSPS) is 11.4. The molecule has 1 aromatic carbocycles. The number of hydrogen-bond donors (Lipinski definition) is 5. The van der Waals surface area contributed by atoms with Crippen molar-refractivity contribution in [3.63, 3.8) is 0 Å². The second kappa shape index (κ2) is 14.7. The van der Waals surface area contributed by atoms with Gasteiger partial charge in [0.2, 0.25) is 0 Å². The Morgan fingerprint density at radius 1 is 1.15 bits per heavy atom. The molecule has 5 N–H and O–H groups in total. The third-order valence-corrected chi connectivity index (χ3v) is 4.49. The maximum Gasteiger partial charge on any atom is 0.573 e. The number of aliphatic hydroxyl groups is 1. The Labute approximate surface area is 219 Å². The zero-order valence-electron chi connectivity index (χ0n) is 20.4. The van der Waals surface area contributed by atoms with E-state index < -0.39 is 24.1 Å². The summed E-state index contributed by atoms with van der Waals surface area (Å²) in [7, 11) is 1.00. The molecule has 0 radical (unpaired) electrons. The van der Waals surface area contributed by atoms with Gasteiger partial charge in [0.15, 0.2) is 17.2 Å². The minimum absolute atomic E-state index is 0.0671. The number of benzene rings is 1. The number of para-hydroxylation sites is 2. The van der Waals surface area contributed by atoms with E-state index in [1.54, 1.807) is 22.7 Å². The summed E-state index contributed by atoms with van der Waals surface area (Å²) < 4.78 is 43.0. The van der Waals surface area contributed by atoms with Crippen molar-refractivity contribution in [1.29, 1.82) is 0 Å². The highest BCUT2D eigenvalue weighted by atomic mass is 19.4. The van der Waals surface area contributed by atoms with Crippen LogP contribution in [0.25, 0.3) is 11.2 Å². The van der Waals surface area contributed by atoms with Crippen molar-refractivity contribution in [1.82, 2.24) is 30.8 Å². The van der Waals surface area contributed by atoms with Gasteiger partial charge in [-0.1, -0.05) is 24.8 Å². The summed E-state index contributed by atoms with van der Waals surface area (Å²) in [5.74, 6) is -0.741. The fraction of sp³-hybridized carbons (Fsp3) is 0.125. The molecule has 39 heavy (non-hydrogen) atoms. The van der Waals surface area contributed by atoms with Crippen LogP contribution in [0.15, 0.2) is 73.6 Å². The summed E-state index contributed by atoms with van der Waals surface area (Å²) in [6.45, 7) is 3.66. The van der Waals surface area contributed by atoms with E-state index in [9.17, 15) is 27.6 Å².